The van der Waals surface area contributed by atoms with Crippen molar-refractivity contribution in [2.75, 3.05) is 29.9 Å². The third-order valence-electron chi connectivity index (χ3n) is 5.68. The number of anilines is 2. The summed E-state index contributed by atoms with van der Waals surface area (Å²) in [6.45, 7) is 9.46. The van der Waals surface area contributed by atoms with Crippen molar-refractivity contribution in [3.05, 3.63) is 17.2 Å². The number of nitrogens with one attached hydrogen (secondary N) is 1. The summed E-state index contributed by atoms with van der Waals surface area (Å²) in [5.41, 5.74) is 1.89. The van der Waals surface area contributed by atoms with Gasteiger partial charge in [-0.2, -0.15) is 4.98 Å². The molecule has 1 saturated carbocycles. The first-order chi connectivity index (χ1) is 14.2. The van der Waals surface area contributed by atoms with E-state index in [1.54, 1.807) is 4.90 Å². The van der Waals surface area contributed by atoms with E-state index in [2.05, 4.69) is 17.1 Å². The molecule has 1 aliphatic carbocycles. The molecule has 2 aliphatic rings. The summed E-state index contributed by atoms with van der Waals surface area (Å²) < 4.78 is 11.7. The van der Waals surface area contributed by atoms with E-state index in [9.17, 15) is 4.79 Å². The van der Waals surface area contributed by atoms with Crippen LogP contribution >= 0.6 is 11.6 Å². The summed E-state index contributed by atoms with van der Waals surface area (Å²) in [6, 6.07) is 4.84. The topological polar surface area (TPSA) is 70.8 Å². The van der Waals surface area contributed by atoms with E-state index in [-0.39, 0.29) is 12.1 Å². The fourth-order valence-corrected chi connectivity index (χ4v) is 4.45. The SMILES string of the molecule is C[C@H]1CN(C(=O)OC(C)(C)C)CCN1c1nc2cc(Cl)cc(NC3CCCC3)c2o1. The van der Waals surface area contributed by atoms with Gasteiger partial charge in [-0.15, -0.1) is 0 Å². The number of aromatic nitrogens is 1. The smallest absolute Gasteiger partial charge is 0.410 e. The Bertz CT molecular complexity index is 917. The first-order valence-corrected chi connectivity index (χ1v) is 11.2. The van der Waals surface area contributed by atoms with Crippen LogP contribution in [0.1, 0.15) is 53.4 Å². The molecule has 8 heteroatoms. The van der Waals surface area contributed by atoms with Crippen LogP contribution in [0.25, 0.3) is 11.1 Å². The third kappa shape index (κ3) is 4.61. The van der Waals surface area contributed by atoms with Gasteiger partial charge in [0, 0.05) is 36.7 Å². The molecule has 1 amide bonds. The number of oxazole rings is 1. The maximum atomic E-state index is 12.4. The Morgan fingerprint density at radius 3 is 2.67 bits per heavy atom. The molecule has 1 atom stereocenters. The summed E-state index contributed by atoms with van der Waals surface area (Å²) in [5, 5.41) is 4.23. The second kappa shape index (κ2) is 8.17. The fraction of sp³-hybridized carbons (Fsp3) is 0.636. The number of carbonyl (C=O) groups excluding carboxylic acids is 1. The second-order valence-electron chi connectivity index (χ2n) is 9.39. The van der Waals surface area contributed by atoms with E-state index in [1.165, 1.54) is 25.7 Å². The number of fused-ring (bicyclic) bond motifs is 1. The van der Waals surface area contributed by atoms with E-state index in [1.807, 2.05) is 32.9 Å². The van der Waals surface area contributed by atoms with Crippen LogP contribution in [-0.4, -0.2) is 53.3 Å². The van der Waals surface area contributed by atoms with Gasteiger partial charge in [-0.3, -0.25) is 0 Å². The maximum absolute atomic E-state index is 12.4. The van der Waals surface area contributed by atoms with Gasteiger partial charge < -0.3 is 24.3 Å². The van der Waals surface area contributed by atoms with Crippen molar-refractivity contribution in [2.24, 2.45) is 0 Å². The predicted octanol–water partition coefficient (Wildman–Crippen LogP) is 5.28. The van der Waals surface area contributed by atoms with Crippen molar-refractivity contribution >= 4 is 40.5 Å². The molecule has 0 unspecified atom stereocenters. The van der Waals surface area contributed by atoms with Gasteiger partial charge in [0.2, 0.25) is 0 Å². The largest absolute Gasteiger partial charge is 0.444 e. The van der Waals surface area contributed by atoms with Gasteiger partial charge in [-0.1, -0.05) is 24.4 Å². The van der Waals surface area contributed by atoms with Gasteiger partial charge in [0.25, 0.3) is 6.01 Å². The molecule has 1 N–H and O–H groups in total. The molecule has 1 aromatic carbocycles. The van der Waals surface area contributed by atoms with Crippen LogP contribution in [-0.2, 0) is 4.74 Å². The molecule has 4 rings (SSSR count). The number of rotatable bonds is 3. The van der Waals surface area contributed by atoms with Gasteiger partial charge in [-0.25, -0.2) is 4.79 Å². The molecule has 164 valence electrons. The number of carbonyl (C=O) groups is 1. The highest BCUT2D eigenvalue weighted by molar-refractivity contribution is 6.31. The number of nitrogens with zero attached hydrogens (tertiary/aromatic N) is 3. The Hall–Kier alpha value is -2.15. The second-order valence-corrected chi connectivity index (χ2v) is 9.83. The Morgan fingerprint density at radius 1 is 1.27 bits per heavy atom. The highest BCUT2D eigenvalue weighted by atomic mass is 35.5. The maximum Gasteiger partial charge on any atom is 0.410 e. The van der Waals surface area contributed by atoms with Crippen LogP contribution in [0.2, 0.25) is 5.02 Å². The number of ether oxygens (including phenoxy) is 1. The van der Waals surface area contributed by atoms with Crippen molar-refractivity contribution in [3.63, 3.8) is 0 Å². The number of benzene rings is 1. The van der Waals surface area contributed by atoms with Crippen molar-refractivity contribution in [1.29, 1.82) is 0 Å². The number of hydrogen-bond donors (Lipinski definition) is 1. The third-order valence-corrected chi connectivity index (χ3v) is 5.90. The lowest BCUT2D eigenvalue weighted by Crippen LogP contribution is -2.54. The van der Waals surface area contributed by atoms with Crippen LogP contribution < -0.4 is 10.2 Å². The molecule has 2 fully saturated rings. The minimum Gasteiger partial charge on any atom is -0.444 e. The lowest BCUT2D eigenvalue weighted by Gasteiger charge is -2.39. The Labute approximate surface area is 182 Å². The monoisotopic (exact) mass is 434 g/mol. The Kier molecular flexibility index (Phi) is 5.75. The molecule has 7 nitrogen and oxygen atoms in total. The van der Waals surface area contributed by atoms with E-state index >= 15 is 0 Å². The quantitative estimate of drug-likeness (QED) is 0.708. The van der Waals surface area contributed by atoms with E-state index in [0.717, 1.165) is 16.8 Å². The lowest BCUT2D eigenvalue weighted by atomic mass is 10.2. The van der Waals surface area contributed by atoms with E-state index in [4.69, 9.17) is 25.7 Å². The van der Waals surface area contributed by atoms with Gasteiger partial charge in [0.15, 0.2) is 5.58 Å². The van der Waals surface area contributed by atoms with Gasteiger partial charge in [-0.05, 0) is 52.7 Å². The summed E-state index contributed by atoms with van der Waals surface area (Å²) in [4.78, 5) is 21.0. The summed E-state index contributed by atoms with van der Waals surface area (Å²) >= 11 is 6.35. The molecule has 1 aliphatic heterocycles. The normalized spacial score (nSPS) is 20.8. The predicted molar refractivity (Wildman–Crippen MR) is 120 cm³/mol. The number of amides is 1. The highest BCUT2D eigenvalue weighted by Gasteiger charge is 2.32. The molecule has 0 spiro atoms. The first-order valence-electron chi connectivity index (χ1n) is 10.8. The number of halogens is 1. The highest BCUT2D eigenvalue weighted by Crippen LogP contribution is 2.34. The summed E-state index contributed by atoms with van der Waals surface area (Å²) in [6.07, 6.45) is 4.56. The first kappa shape index (κ1) is 21.1. The molecular weight excluding hydrogens is 404 g/mol. The minimum absolute atomic E-state index is 0.0565. The van der Waals surface area contributed by atoms with Crippen LogP contribution in [0, 0.1) is 0 Å². The minimum atomic E-state index is -0.500. The van der Waals surface area contributed by atoms with Crippen molar-refractivity contribution in [1.82, 2.24) is 9.88 Å². The van der Waals surface area contributed by atoms with Gasteiger partial charge in [0.05, 0.1) is 5.69 Å². The molecule has 1 saturated heterocycles. The fourth-order valence-electron chi connectivity index (χ4n) is 4.24. The van der Waals surface area contributed by atoms with Gasteiger partial charge >= 0.3 is 6.09 Å². The number of piperazine rings is 1. The zero-order valence-corrected chi connectivity index (χ0v) is 19.0. The van der Waals surface area contributed by atoms with Crippen molar-refractivity contribution in [3.8, 4) is 0 Å². The average Bonchev–Trinajstić information content (AvgIpc) is 3.29. The zero-order chi connectivity index (χ0) is 21.5. The Balaban J connectivity index is 1.51. The average molecular weight is 435 g/mol. The summed E-state index contributed by atoms with van der Waals surface area (Å²) in [7, 11) is 0. The standard InChI is InChI=1S/C22H31ClN4O3/c1-14-13-26(21(28)30-22(2,3)4)9-10-27(14)20-25-18-12-15(23)11-17(19(18)29-20)24-16-7-5-6-8-16/h11-12,14,16,24H,5-10,13H2,1-4H3/t14-/m0/s1. The van der Waals surface area contributed by atoms with E-state index in [0.29, 0.717) is 36.7 Å². The van der Waals surface area contributed by atoms with Crippen LogP contribution in [0.3, 0.4) is 0 Å². The number of hydrogen-bond acceptors (Lipinski definition) is 6. The summed E-state index contributed by atoms with van der Waals surface area (Å²) in [5.74, 6) is 0. The molecule has 2 heterocycles. The van der Waals surface area contributed by atoms with Crippen LogP contribution in [0.5, 0.6) is 0 Å². The van der Waals surface area contributed by atoms with Crippen molar-refractivity contribution < 1.29 is 13.9 Å². The van der Waals surface area contributed by atoms with Gasteiger partial charge in [0.1, 0.15) is 11.1 Å². The molecular formula is C22H31ClN4O3. The molecule has 0 radical (unpaired) electrons. The Morgan fingerprint density at radius 2 is 2.00 bits per heavy atom. The molecule has 0 bridgehead atoms. The van der Waals surface area contributed by atoms with Crippen molar-refractivity contribution in [2.45, 2.75) is 71.1 Å². The molecule has 1 aromatic heterocycles. The van der Waals surface area contributed by atoms with Crippen LogP contribution in [0.15, 0.2) is 16.5 Å². The molecule has 30 heavy (non-hydrogen) atoms. The van der Waals surface area contributed by atoms with E-state index < -0.39 is 5.60 Å². The zero-order valence-electron chi connectivity index (χ0n) is 18.2. The lowest BCUT2D eigenvalue weighted by molar-refractivity contribution is 0.0216. The molecule has 2 aromatic rings. The van der Waals surface area contributed by atoms with Crippen LogP contribution in [0.4, 0.5) is 16.5 Å².